The van der Waals surface area contributed by atoms with E-state index in [0.717, 1.165) is 31.6 Å². The van der Waals surface area contributed by atoms with Crippen LogP contribution in [0.15, 0.2) is 24.3 Å². The average Bonchev–Trinajstić information content (AvgIpc) is 2.97. The number of benzene rings is 1. The van der Waals surface area contributed by atoms with Gasteiger partial charge in [-0.15, -0.1) is 0 Å². The lowest BCUT2D eigenvalue weighted by Crippen LogP contribution is -2.37. The normalized spacial score (nSPS) is 20.4. The first-order valence-electron chi connectivity index (χ1n) is 7.02. The third-order valence-corrected chi connectivity index (χ3v) is 3.74. The van der Waals surface area contributed by atoms with E-state index in [1.807, 2.05) is 12.1 Å². The van der Waals surface area contributed by atoms with Gasteiger partial charge in [0.25, 0.3) is 0 Å². The molecule has 106 valence electrons. The van der Waals surface area contributed by atoms with Crippen LogP contribution >= 0.6 is 0 Å². The maximum atomic E-state index is 5.65. The minimum atomic E-state index is 0.303. The minimum Gasteiger partial charge on any atom is -0.497 e. The molecule has 4 heteroatoms. The Kier molecular flexibility index (Phi) is 5.63. The number of hydrogen-bond donors (Lipinski definition) is 2. The van der Waals surface area contributed by atoms with Crippen LogP contribution in [0.2, 0.25) is 0 Å². The van der Waals surface area contributed by atoms with Gasteiger partial charge < -0.3 is 9.47 Å². The molecule has 0 aliphatic carbocycles. The second kappa shape index (κ2) is 7.48. The molecular weight excluding hydrogens is 240 g/mol. The van der Waals surface area contributed by atoms with E-state index in [1.54, 1.807) is 7.11 Å². The molecule has 1 heterocycles. The Morgan fingerprint density at radius 3 is 2.79 bits per heavy atom. The Hall–Kier alpha value is -1.10. The third-order valence-electron chi connectivity index (χ3n) is 3.74. The maximum absolute atomic E-state index is 5.65. The van der Waals surface area contributed by atoms with Crippen LogP contribution in [0, 0.1) is 0 Å². The molecule has 4 nitrogen and oxygen atoms in total. The van der Waals surface area contributed by atoms with Gasteiger partial charge in [-0.1, -0.05) is 12.1 Å². The van der Waals surface area contributed by atoms with Crippen LogP contribution in [-0.4, -0.2) is 25.9 Å². The molecule has 1 aromatic rings. The van der Waals surface area contributed by atoms with E-state index in [2.05, 4.69) is 17.6 Å². The Morgan fingerprint density at radius 2 is 2.21 bits per heavy atom. The van der Waals surface area contributed by atoms with Crippen molar-refractivity contribution in [1.29, 1.82) is 0 Å². The number of ether oxygens (including phenoxy) is 2. The van der Waals surface area contributed by atoms with Gasteiger partial charge in [0.15, 0.2) is 0 Å². The second-order valence-electron chi connectivity index (χ2n) is 5.13. The van der Waals surface area contributed by atoms with Gasteiger partial charge in [-0.2, -0.15) is 0 Å². The van der Waals surface area contributed by atoms with Gasteiger partial charge >= 0.3 is 0 Å². The molecule has 2 unspecified atom stereocenters. The van der Waals surface area contributed by atoms with E-state index in [4.69, 9.17) is 15.3 Å². The van der Waals surface area contributed by atoms with Crippen LogP contribution in [0.4, 0.5) is 0 Å². The molecule has 1 aliphatic rings. The van der Waals surface area contributed by atoms with Crippen molar-refractivity contribution in [3.8, 4) is 5.75 Å². The summed E-state index contributed by atoms with van der Waals surface area (Å²) >= 11 is 0. The van der Waals surface area contributed by atoms with Gasteiger partial charge in [0.2, 0.25) is 0 Å². The van der Waals surface area contributed by atoms with Gasteiger partial charge in [0.05, 0.1) is 13.2 Å². The monoisotopic (exact) mass is 264 g/mol. The van der Waals surface area contributed by atoms with Crippen molar-refractivity contribution in [1.82, 2.24) is 5.43 Å². The van der Waals surface area contributed by atoms with Gasteiger partial charge in [-0.25, -0.2) is 0 Å². The predicted octanol–water partition coefficient (Wildman–Crippen LogP) is 2.03. The van der Waals surface area contributed by atoms with Crippen molar-refractivity contribution in [3.63, 3.8) is 0 Å². The molecule has 1 saturated heterocycles. The summed E-state index contributed by atoms with van der Waals surface area (Å²) in [7, 11) is 1.68. The standard InChI is InChI=1S/C15H24N2O2/c1-18-14-7-4-12(5-8-14)11-13(17-16)6-9-15-3-2-10-19-15/h4-5,7-8,13,15,17H,2-3,6,9-11,16H2,1H3. The number of hydrazine groups is 1. The summed E-state index contributed by atoms with van der Waals surface area (Å²) in [6.45, 7) is 0.921. The number of nitrogens with one attached hydrogen (secondary N) is 1. The highest BCUT2D eigenvalue weighted by atomic mass is 16.5. The molecule has 1 aromatic carbocycles. The fourth-order valence-electron chi connectivity index (χ4n) is 2.55. The Morgan fingerprint density at radius 1 is 1.42 bits per heavy atom. The lowest BCUT2D eigenvalue weighted by Gasteiger charge is -2.18. The SMILES string of the molecule is COc1ccc(CC(CCC2CCCO2)NN)cc1. The van der Waals surface area contributed by atoms with Gasteiger partial charge in [0, 0.05) is 12.6 Å². The summed E-state index contributed by atoms with van der Waals surface area (Å²) in [5.41, 5.74) is 4.19. The van der Waals surface area contributed by atoms with Crippen molar-refractivity contribution < 1.29 is 9.47 Å². The highest BCUT2D eigenvalue weighted by Gasteiger charge is 2.17. The smallest absolute Gasteiger partial charge is 0.118 e. The van der Waals surface area contributed by atoms with E-state index in [9.17, 15) is 0 Å². The lowest BCUT2D eigenvalue weighted by atomic mass is 10.00. The van der Waals surface area contributed by atoms with E-state index in [-0.39, 0.29) is 0 Å². The number of nitrogens with two attached hydrogens (primary N) is 1. The van der Waals surface area contributed by atoms with Crippen molar-refractivity contribution in [3.05, 3.63) is 29.8 Å². The average molecular weight is 264 g/mol. The Labute approximate surface area is 115 Å². The summed E-state index contributed by atoms with van der Waals surface area (Å²) in [6, 6.07) is 8.47. The first-order valence-corrected chi connectivity index (χ1v) is 7.02. The number of methoxy groups -OCH3 is 1. The molecule has 0 spiro atoms. The Balaban J connectivity index is 1.79. The van der Waals surface area contributed by atoms with E-state index < -0.39 is 0 Å². The quantitative estimate of drug-likeness (QED) is 0.584. The molecule has 1 fully saturated rings. The van der Waals surface area contributed by atoms with Gasteiger partial charge in [-0.05, 0) is 49.8 Å². The van der Waals surface area contributed by atoms with E-state index in [1.165, 1.54) is 18.4 Å². The van der Waals surface area contributed by atoms with Crippen molar-refractivity contribution in [2.24, 2.45) is 5.84 Å². The van der Waals surface area contributed by atoms with Crippen molar-refractivity contribution in [2.75, 3.05) is 13.7 Å². The van der Waals surface area contributed by atoms with Crippen LogP contribution in [0.25, 0.3) is 0 Å². The molecule has 0 saturated carbocycles. The zero-order valence-electron chi connectivity index (χ0n) is 11.6. The molecule has 2 rings (SSSR count). The van der Waals surface area contributed by atoms with Crippen LogP contribution in [0.1, 0.15) is 31.2 Å². The molecule has 0 amide bonds. The summed E-state index contributed by atoms with van der Waals surface area (Å²) in [5, 5.41) is 0. The molecule has 2 atom stereocenters. The topological polar surface area (TPSA) is 56.5 Å². The van der Waals surface area contributed by atoms with Gasteiger partial charge in [-0.3, -0.25) is 11.3 Å². The molecule has 19 heavy (non-hydrogen) atoms. The molecule has 0 bridgehead atoms. The summed E-state index contributed by atoms with van der Waals surface area (Å²) < 4.78 is 10.8. The number of hydrogen-bond acceptors (Lipinski definition) is 4. The van der Waals surface area contributed by atoms with Crippen molar-refractivity contribution >= 4 is 0 Å². The van der Waals surface area contributed by atoms with E-state index in [0.29, 0.717) is 12.1 Å². The number of rotatable bonds is 7. The molecule has 3 N–H and O–H groups in total. The first kappa shape index (κ1) is 14.3. The summed E-state index contributed by atoms with van der Waals surface area (Å²) in [4.78, 5) is 0. The fourth-order valence-corrected chi connectivity index (χ4v) is 2.55. The fraction of sp³-hybridized carbons (Fsp3) is 0.600. The third kappa shape index (κ3) is 4.49. The molecule has 0 aromatic heterocycles. The van der Waals surface area contributed by atoms with Crippen LogP contribution < -0.4 is 16.0 Å². The molecular formula is C15H24N2O2. The van der Waals surface area contributed by atoms with Crippen LogP contribution in [0.5, 0.6) is 5.75 Å². The largest absolute Gasteiger partial charge is 0.497 e. The zero-order chi connectivity index (χ0) is 13.5. The second-order valence-corrected chi connectivity index (χ2v) is 5.13. The first-order chi connectivity index (χ1) is 9.31. The summed E-state index contributed by atoms with van der Waals surface area (Å²) in [6.07, 6.45) is 5.90. The molecule has 1 aliphatic heterocycles. The molecule has 0 radical (unpaired) electrons. The minimum absolute atomic E-state index is 0.303. The predicted molar refractivity (Wildman–Crippen MR) is 76.0 cm³/mol. The lowest BCUT2D eigenvalue weighted by molar-refractivity contribution is 0.0996. The van der Waals surface area contributed by atoms with E-state index >= 15 is 0 Å². The summed E-state index contributed by atoms with van der Waals surface area (Å²) in [5.74, 6) is 6.54. The zero-order valence-corrected chi connectivity index (χ0v) is 11.6. The van der Waals surface area contributed by atoms with Crippen molar-refractivity contribution in [2.45, 2.75) is 44.2 Å². The Bertz CT molecular complexity index is 361. The van der Waals surface area contributed by atoms with Gasteiger partial charge in [0.1, 0.15) is 5.75 Å². The van der Waals surface area contributed by atoms with Crippen LogP contribution in [-0.2, 0) is 11.2 Å². The highest BCUT2D eigenvalue weighted by Crippen LogP contribution is 2.19. The van der Waals surface area contributed by atoms with Crippen LogP contribution in [0.3, 0.4) is 0 Å². The highest BCUT2D eigenvalue weighted by molar-refractivity contribution is 5.27. The maximum Gasteiger partial charge on any atom is 0.118 e.